The zero-order valence-corrected chi connectivity index (χ0v) is 21.2. The number of amidine groups is 1. The van der Waals surface area contributed by atoms with Crippen LogP contribution in [0.2, 0.25) is 0 Å². The van der Waals surface area contributed by atoms with E-state index in [1.807, 2.05) is 43.3 Å². The van der Waals surface area contributed by atoms with Gasteiger partial charge in [0, 0.05) is 29.2 Å². The summed E-state index contributed by atoms with van der Waals surface area (Å²) in [6, 6.07) is 30.8. The molecule has 0 saturated carbocycles. The quantitative estimate of drug-likeness (QED) is 0.251. The van der Waals surface area contributed by atoms with Crippen LogP contribution in [0, 0.1) is 0 Å². The molecule has 37 heavy (non-hydrogen) atoms. The molecule has 1 fully saturated rings. The van der Waals surface area contributed by atoms with E-state index in [9.17, 15) is 4.79 Å². The number of para-hydroxylation sites is 1. The predicted molar refractivity (Wildman–Crippen MR) is 153 cm³/mol. The fourth-order valence-electron chi connectivity index (χ4n) is 4.58. The maximum Gasteiger partial charge on any atom is 0.264 e. The van der Waals surface area contributed by atoms with Gasteiger partial charge in [0.15, 0.2) is 5.17 Å². The Labute approximate surface area is 219 Å². The van der Waals surface area contributed by atoms with Crippen molar-refractivity contribution in [2.75, 3.05) is 6.61 Å². The van der Waals surface area contributed by atoms with Crippen molar-refractivity contribution >= 4 is 56.3 Å². The van der Waals surface area contributed by atoms with Crippen LogP contribution in [0.3, 0.4) is 0 Å². The van der Waals surface area contributed by atoms with Gasteiger partial charge in [-0.05, 0) is 77.5 Å². The Hall–Kier alpha value is -4.29. The predicted octanol–water partition coefficient (Wildman–Crippen LogP) is 7.13. The van der Waals surface area contributed by atoms with E-state index in [1.165, 1.54) is 28.1 Å². The fraction of sp³-hybridized carbons (Fsp3) is 0.0968. The number of nitrogens with zero attached hydrogens (tertiary/aromatic N) is 2. The summed E-state index contributed by atoms with van der Waals surface area (Å²) in [5.74, 6) is 0.663. The molecule has 1 saturated heterocycles. The first-order chi connectivity index (χ1) is 18.2. The summed E-state index contributed by atoms with van der Waals surface area (Å²) >= 11 is 1.36. The van der Waals surface area contributed by atoms with Crippen molar-refractivity contribution in [2.24, 2.45) is 4.99 Å². The highest BCUT2D eigenvalue weighted by Crippen LogP contribution is 2.32. The third-order valence-electron chi connectivity index (χ3n) is 6.30. The number of benzene rings is 4. The Bertz CT molecular complexity index is 1680. The lowest BCUT2D eigenvalue weighted by molar-refractivity contribution is -0.115. The molecule has 6 heteroatoms. The number of hydrogen-bond acceptors (Lipinski definition) is 4. The van der Waals surface area contributed by atoms with Gasteiger partial charge in [-0.3, -0.25) is 4.79 Å². The summed E-state index contributed by atoms with van der Waals surface area (Å²) < 4.78 is 7.74. The van der Waals surface area contributed by atoms with Gasteiger partial charge in [-0.2, -0.15) is 0 Å². The zero-order chi connectivity index (χ0) is 25.2. The van der Waals surface area contributed by atoms with Crippen LogP contribution in [-0.2, 0) is 11.3 Å². The minimum atomic E-state index is -0.138. The topological polar surface area (TPSA) is 55.6 Å². The van der Waals surface area contributed by atoms with Gasteiger partial charge in [-0.15, -0.1) is 0 Å². The van der Waals surface area contributed by atoms with Crippen LogP contribution in [0.15, 0.2) is 107 Å². The average molecular weight is 504 g/mol. The van der Waals surface area contributed by atoms with Crippen LogP contribution >= 0.6 is 11.8 Å². The molecule has 0 unspecified atom stereocenters. The van der Waals surface area contributed by atoms with Gasteiger partial charge in [-0.25, -0.2) is 4.99 Å². The van der Waals surface area contributed by atoms with Gasteiger partial charge >= 0.3 is 0 Å². The third kappa shape index (κ3) is 4.88. The minimum absolute atomic E-state index is 0.138. The standard InChI is InChI=1S/C31H25N3O2S/c1-2-36-26-15-13-25(14-16-26)32-31-33-30(35)29(37-31)18-24-20-34(28-10-6-5-9-27(24)28)19-21-11-12-22-7-3-4-8-23(22)17-21/h3-18,20H,2,19H2,1H3,(H,32,33,35)/b29-18+. The Morgan fingerprint density at radius 2 is 1.73 bits per heavy atom. The third-order valence-corrected chi connectivity index (χ3v) is 7.21. The number of amides is 1. The molecule has 0 bridgehead atoms. The minimum Gasteiger partial charge on any atom is -0.494 e. The maximum atomic E-state index is 12.8. The van der Waals surface area contributed by atoms with Gasteiger partial charge in [0.25, 0.3) is 5.91 Å². The van der Waals surface area contributed by atoms with E-state index in [2.05, 4.69) is 81.7 Å². The van der Waals surface area contributed by atoms with Crippen molar-refractivity contribution < 1.29 is 9.53 Å². The smallest absolute Gasteiger partial charge is 0.264 e. The van der Waals surface area contributed by atoms with Crippen LogP contribution in [0.25, 0.3) is 27.8 Å². The van der Waals surface area contributed by atoms with Crippen molar-refractivity contribution in [1.29, 1.82) is 0 Å². The molecule has 1 N–H and O–H groups in total. The lowest BCUT2D eigenvalue weighted by atomic mass is 10.1. The van der Waals surface area contributed by atoms with E-state index in [0.29, 0.717) is 16.7 Å². The first-order valence-corrected chi connectivity index (χ1v) is 13.1. The van der Waals surface area contributed by atoms with Crippen molar-refractivity contribution in [3.63, 3.8) is 0 Å². The lowest BCUT2D eigenvalue weighted by Crippen LogP contribution is -2.19. The number of aromatic nitrogens is 1. The van der Waals surface area contributed by atoms with Crippen LogP contribution in [-0.4, -0.2) is 22.2 Å². The first-order valence-electron chi connectivity index (χ1n) is 12.2. The largest absolute Gasteiger partial charge is 0.494 e. The number of hydrogen-bond donors (Lipinski definition) is 1. The summed E-state index contributed by atoms with van der Waals surface area (Å²) in [6.07, 6.45) is 4.09. The average Bonchev–Trinajstić information content (AvgIpc) is 3.44. The molecule has 4 aromatic carbocycles. The van der Waals surface area contributed by atoms with Crippen molar-refractivity contribution in [2.45, 2.75) is 13.5 Å². The van der Waals surface area contributed by atoms with Crippen molar-refractivity contribution in [3.05, 3.63) is 113 Å². The molecule has 1 aliphatic rings. The Kier molecular flexibility index (Phi) is 6.25. The molecule has 182 valence electrons. The van der Waals surface area contributed by atoms with Gasteiger partial charge in [0.1, 0.15) is 5.75 Å². The highest BCUT2D eigenvalue weighted by atomic mass is 32.2. The first kappa shape index (κ1) is 23.1. The molecule has 0 aliphatic carbocycles. The number of aliphatic imine (C=N–C) groups is 1. The number of ether oxygens (including phenoxy) is 1. The summed E-state index contributed by atoms with van der Waals surface area (Å²) in [7, 11) is 0. The second-order valence-corrected chi connectivity index (χ2v) is 9.85. The molecule has 0 atom stereocenters. The van der Waals surface area contributed by atoms with Gasteiger partial charge in [0.05, 0.1) is 17.2 Å². The molecule has 5 nitrogen and oxygen atoms in total. The van der Waals surface area contributed by atoms with E-state index in [4.69, 9.17) is 4.74 Å². The van der Waals surface area contributed by atoms with Gasteiger partial charge in [-0.1, -0.05) is 54.6 Å². The monoisotopic (exact) mass is 503 g/mol. The Morgan fingerprint density at radius 1 is 0.946 bits per heavy atom. The lowest BCUT2D eigenvalue weighted by Gasteiger charge is -2.07. The molecule has 1 amide bonds. The fourth-order valence-corrected chi connectivity index (χ4v) is 5.41. The molecular weight excluding hydrogens is 478 g/mol. The van der Waals surface area contributed by atoms with E-state index < -0.39 is 0 Å². The Morgan fingerprint density at radius 3 is 2.57 bits per heavy atom. The van der Waals surface area contributed by atoms with Crippen LogP contribution in [0.1, 0.15) is 18.1 Å². The van der Waals surface area contributed by atoms with E-state index in [1.54, 1.807) is 0 Å². The number of rotatable bonds is 6. The highest BCUT2D eigenvalue weighted by molar-refractivity contribution is 8.18. The van der Waals surface area contributed by atoms with Crippen LogP contribution in [0.5, 0.6) is 5.75 Å². The summed E-state index contributed by atoms with van der Waals surface area (Å²) in [5, 5.41) is 7.04. The zero-order valence-electron chi connectivity index (χ0n) is 20.3. The molecule has 6 rings (SSSR count). The van der Waals surface area contributed by atoms with Crippen molar-refractivity contribution in [1.82, 2.24) is 9.88 Å². The maximum absolute atomic E-state index is 12.8. The van der Waals surface area contributed by atoms with Crippen LogP contribution in [0.4, 0.5) is 5.69 Å². The van der Waals surface area contributed by atoms with E-state index in [-0.39, 0.29) is 5.91 Å². The summed E-state index contributed by atoms with van der Waals surface area (Å²) in [6.45, 7) is 3.32. The van der Waals surface area contributed by atoms with Gasteiger partial charge < -0.3 is 14.6 Å². The van der Waals surface area contributed by atoms with Crippen molar-refractivity contribution in [3.8, 4) is 5.75 Å². The Balaban J connectivity index is 1.28. The normalized spacial score (nSPS) is 15.6. The molecule has 5 aromatic rings. The number of carbonyl (C=O) groups excluding carboxylic acids is 1. The molecule has 0 spiro atoms. The number of carbonyl (C=O) groups is 1. The highest BCUT2D eigenvalue weighted by Gasteiger charge is 2.24. The van der Waals surface area contributed by atoms with Gasteiger partial charge in [0.2, 0.25) is 0 Å². The molecule has 0 radical (unpaired) electrons. The summed E-state index contributed by atoms with van der Waals surface area (Å²) in [5.41, 5.74) is 4.14. The number of fused-ring (bicyclic) bond motifs is 2. The number of thioether (sulfide) groups is 1. The molecule has 2 heterocycles. The van der Waals surface area contributed by atoms with E-state index in [0.717, 1.165) is 34.4 Å². The second kappa shape index (κ2) is 9.99. The number of nitrogens with one attached hydrogen (secondary N) is 1. The molecule has 1 aromatic heterocycles. The molecular formula is C31H25N3O2S. The molecule has 1 aliphatic heterocycles. The summed E-state index contributed by atoms with van der Waals surface area (Å²) in [4.78, 5) is 18.0. The van der Waals surface area contributed by atoms with Crippen LogP contribution < -0.4 is 10.1 Å². The second-order valence-electron chi connectivity index (χ2n) is 8.82. The van der Waals surface area contributed by atoms with E-state index >= 15 is 0 Å². The SMILES string of the molecule is CCOc1ccc(N=C2NC(=O)/C(=C\c3cn(Cc4ccc5ccccc5c4)c4ccccc34)S2)cc1.